The van der Waals surface area contributed by atoms with Gasteiger partial charge in [-0.1, -0.05) is 31.4 Å². The van der Waals surface area contributed by atoms with E-state index in [1.807, 2.05) is 0 Å². The van der Waals surface area contributed by atoms with E-state index in [4.69, 9.17) is 5.73 Å². The Balaban J connectivity index is 1.50. The van der Waals surface area contributed by atoms with Crippen molar-refractivity contribution in [1.82, 2.24) is 25.3 Å². The molecule has 172 valence electrons. The van der Waals surface area contributed by atoms with E-state index >= 15 is 0 Å². The molecule has 3 rings (SSSR count). The summed E-state index contributed by atoms with van der Waals surface area (Å²) in [6.07, 6.45) is 6.87. The molecule has 5 N–H and O–H groups in total. The molecule has 3 amide bonds. The number of nitrogens with two attached hydrogens (primary N) is 1. The molecule has 0 atom stereocenters. The molecule has 1 heterocycles. The van der Waals surface area contributed by atoms with E-state index in [-0.39, 0.29) is 22.4 Å². The molecule has 0 aliphatic heterocycles. The summed E-state index contributed by atoms with van der Waals surface area (Å²) in [5.74, 6) is -0.362. The fraction of sp³-hybridized carbons (Fsp3) is 0.429. The number of hydrogen-bond acceptors (Lipinski definition) is 7. The van der Waals surface area contributed by atoms with Crippen LogP contribution in [0.3, 0.4) is 0 Å². The number of hydrogen-bond donors (Lipinski definition) is 4. The third-order valence-electron chi connectivity index (χ3n) is 5.24. The molecule has 0 bridgehead atoms. The van der Waals surface area contributed by atoms with Gasteiger partial charge in [0.2, 0.25) is 0 Å². The topological polar surface area (TPSA) is 156 Å². The highest BCUT2D eigenvalue weighted by molar-refractivity contribution is 7.90. The van der Waals surface area contributed by atoms with Gasteiger partial charge in [0.05, 0.1) is 10.6 Å². The minimum Gasteiger partial charge on any atom is -0.382 e. The van der Waals surface area contributed by atoms with E-state index in [1.165, 1.54) is 18.3 Å². The van der Waals surface area contributed by atoms with Gasteiger partial charge in [0.1, 0.15) is 0 Å². The third kappa shape index (κ3) is 6.39. The zero-order chi connectivity index (χ0) is 23.1. The number of urea groups is 1. The molecule has 10 nitrogen and oxygen atoms in total. The third-order valence-corrected chi connectivity index (χ3v) is 6.58. The average molecular weight is 461 g/mol. The molecule has 1 aliphatic carbocycles. The SMILES string of the molecule is Cc1cnc(C(=O)NCCc2ccc(S(=O)(=O)NC(=O)NC3CCCCC3)cc2)c(N)n1. The van der Waals surface area contributed by atoms with Crippen molar-refractivity contribution in [2.24, 2.45) is 0 Å². The lowest BCUT2D eigenvalue weighted by Crippen LogP contribution is -2.45. The van der Waals surface area contributed by atoms with Crippen molar-refractivity contribution in [3.63, 3.8) is 0 Å². The number of amides is 3. The normalized spacial score (nSPS) is 14.5. The lowest BCUT2D eigenvalue weighted by atomic mass is 9.96. The second kappa shape index (κ2) is 10.4. The van der Waals surface area contributed by atoms with Crippen LogP contribution in [0.15, 0.2) is 35.4 Å². The van der Waals surface area contributed by atoms with Gasteiger partial charge in [0, 0.05) is 18.8 Å². The van der Waals surface area contributed by atoms with Crippen LogP contribution in [0.5, 0.6) is 0 Å². The zero-order valence-electron chi connectivity index (χ0n) is 17.9. The molecule has 1 fully saturated rings. The summed E-state index contributed by atoms with van der Waals surface area (Å²) in [6, 6.07) is 5.44. The van der Waals surface area contributed by atoms with Crippen molar-refractivity contribution < 1.29 is 18.0 Å². The molecule has 1 aromatic heterocycles. The molecule has 1 aromatic carbocycles. The molecule has 0 saturated heterocycles. The van der Waals surface area contributed by atoms with E-state index in [0.29, 0.717) is 18.7 Å². The standard InChI is InChI=1S/C21H28N6O4S/c1-14-13-24-18(19(22)25-14)20(28)23-12-11-15-7-9-17(10-8-15)32(30,31)27-21(29)26-16-5-3-2-4-6-16/h7-10,13,16H,2-6,11-12H2,1H3,(H2,22,25)(H,23,28)(H2,26,27,29). The number of carbonyl (C=O) groups excluding carboxylic acids is 2. The number of rotatable bonds is 7. The van der Waals surface area contributed by atoms with Gasteiger partial charge < -0.3 is 16.4 Å². The number of carbonyl (C=O) groups is 2. The molecule has 1 saturated carbocycles. The Kier molecular flexibility index (Phi) is 7.62. The van der Waals surface area contributed by atoms with Gasteiger partial charge in [-0.3, -0.25) is 4.79 Å². The van der Waals surface area contributed by atoms with Crippen LogP contribution in [0.2, 0.25) is 0 Å². The summed E-state index contributed by atoms with van der Waals surface area (Å²) in [7, 11) is -3.97. The lowest BCUT2D eigenvalue weighted by Gasteiger charge is -2.22. The highest BCUT2D eigenvalue weighted by atomic mass is 32.2. The molecular formula is C21H28N6O4S. The largest absolute Gasteiger partial charge is 0.382 e. The first kappa shape index (κ1) is 23.5. The predicted molar refractivity (Wildman–Crippen MR) is 119 cm³/mol. The second-order valence-electron chi connectivity index (χ2n) is 7.81. The minimum atomic E-state index is -3.97. The molecule has 1 aliphatic rings. The second-order valence-corrected chi connectivity index (χ2v) is 9.49. The Morgan fingerprint density at radius 2 is 1.81 bits per heavy atom. The maximum absolute atomic E-state index is 12.5. The van der Waals surface area contributed by atoms with Gasteiger partial charge in [0.25, 0.3) is 15.9 Å². The van der Waals surface area contributed by atoms with Gasteiger partial charge in [-0.2, -0.15) is 0 Å². The molecule has 32 heavy (non-hydrogen) atoms. The van der Waals surface area contributed by atoms with Crippen molar-refractivity contribution >= 4 is 27.8 Å². The number of aromatic nitrogens is 2. The summed E-state index contributed by atoms with van der Waals surface area (Å²) in [5, 5.41) is 5.44. The number of nitrogen functional groups attached to an aromatic ring is 1. The smallest absolute Gasteiger partial charge is 0.328 e. The number of nitrogens with zero attached hydrogens (tertiary/aromatic N) is 2. The summed E-state index contributed by atoms with van der Waals surface area (Å²) < 4.78 is 27.0. The van der Waals surface area contributed by atoms with Crippen molar-refractivity contribution in [1.29, 1.82) is 0 Å². The van der Waals surface area contributed by atoms with Gasteiger partial charge in [-0.25, -0.2) is 27.9 Å². The molecule has 11 heteroatoms. The summed E-state index contributed by atoms with van der Waals surface area (Å²) in [4.78, 5) is 32.2. The zero-order valence-corrected chi connectivity index (χ0v) is 18.7. The predicted octanol–water partition coefficient (Wildman–Crippen LogP) is 1.66. The molecule has 2 aromatic rings. The lowest BCUT2D eigenvalue weighted by molar-refractivity contribution is 0.0949. The van der Waals surface area contributed by atoms with Crippen LogP contribution in [0.25, 0.3) is 0 Å². The maximum atomic E-state index is 12.5. The molecule has 0 radical (unpaired) electrons. The highest BCUT2D eigenvalue weighted by Crippen LogP contribution is 2.17. The molecule has 0 unspecified atom stereocenters. The highest BCUT2D eigenvalue weighted by Gasteiger charge is 2.21. The number of sulfonamides is 1. The summed E-state index contributed by atoms with van der Waals surface area (Å²) in [5.41, 5.74) is 7.23. The van der Waals surface area contributed by atoms with Crippen LogP contribution in [0.4, 0.5) is 10.6 Å². The number of anilines is 1. The summed E-state index contributed by atoms with van der Waals surface area (Å²) >= 11 is 0. The first-order valence-electron chi connectivity index (χ1n) is 10.5. The van der Waals surface area contributed by atoms with Gasteiger partial charge >= 0.3 is 6.03 Å². The summed E-state index contributed by atoms with van der Waals surface area (Å²) in [6.45, 7) is 2.04. The van der Waals surface area contributed by atoms with E-state index < -0.39 is 22.0 Å². The van der Waals surface area contributed by atoms with Crippen LogP contribution < -0.4 is 21.1 Å². The Hall–Kier alpha value is -3.21. The number of nitrogens with one attached hydrogen (secondary N) is 3. The van der Waals surface area contributed by atoms with Crippen molar-refractivity contribution in [2.45, 2.75) is 56.4 Å². The van der Waals surface area contributed by atoms with Crippen LogP contribution >= 0.6 is 0 Å². The van der Waals surface area contributed by atoms with Crippen molar-refractivity contribution in [3.8, 4) is 0 Å². The minimum absolute atomic E-state index is 0.00761. The molecular weight excluding hydrogens is 432 g/mol. The van der Waals surface area contributed by atoms with Crippen LogP contribution in [0.1, 0.15) is 53.8 Å². The van der Waals surface area contributed by atoms with Gasteiger partial charge in [-0.15, -0.1) is 0 Å². The first-order chi connectivity index (χ1) is 15.2. The van der Waals surface area contributed by atoms with Crippen LogP contribution in [-0.2, 0) is 16.4 Å². The average Bonchev–Trinajstić information content (AvgIpc) is 2.74. The van der Waals surface area contributed by atoms with Crippen molar-refractivity contribution in [2.75, 3.05) is 12.3 Å². The quantitative estimate of drug-likeness (QED) is 0.489. The van der Waals surface area contributed by atoms with Crippen LogP contribution in [-0.4, -0.2) is 42.9 Å². The van der Waals surface area contributed by atoms with Crippen LogP contribution in [0, 0.1) is 6.92 Å². The maximum Gasteiger partial charge on any atom is 0.328 e. The van der Waals surface area contributed by atoms with E-state index in [9.17, 15) is 18.0 Å². The number of benzene rings is 1. The van der Waals surface area contributed by atoms with E-state index in [1.54, 1.807) is 19.1 Å². The Bertz CT molecular complexity index is 1070. The van der Waals surface area contributed by atoms with E-state index in [0.717, 1.165) is 37.7 Å². The first-order valence-corrected chi connectivity index (χ1v) is 12.0. The fourth-order valence-electron chi connectivity index (χ4n) is 3.55. The Morgan fingerprint density at radius 3 is 2.47 bits per heavy atom. The van der Waals surface area contributed by atoms with Crippen molar-refractivity contribution in [3.05, 3.63) is 47.4 Å². The number of aryl methyl sites for hydroxylation is 1. The van der Waals surface area contributed by atoms with E-state index in [2.05, 4.69) is 25.3 Å². The fourth-order valence-corrected chi connectivity index (χ4v) is 4.47. The Labute approximate surface area is 187 Å². The monoisotopic (exact) mass is 460 g/mol. The van der Waals surface area contributed by atoms with Gasteiger partial charge in [-0.05, 0) is 43.9 Å². The Morgan fingerprint density at radius 1 is 1.12 bits per heavy atom. The van der Waals surface area contributed by atoms with Gasteiger partial charge in [0.15, 0.2) is 11.5 Å². The molecule has 0 spiro atoms.